The van der Waals surface area contributed by atoms with E-state index >= 15 is 0 Å². The van der Waals surface area contributed by atoms with Crippen LogP contribution in [0.5, 0.6) is 5.75 Å². The molecule has 0 spiro atoms. The van der Waals surface area contributed by atoms with E-state index in [4.69, 9.17) is 10.5 Å². The largest absolute Gasteiger partial charge is 0.493 e. The summed E-state index contributed by atoms with van der Waals surface area (Å²) in [6.07, 6.45) is 3.23. The lowest BCUT2D eigenvalue weighted by molar-refractivity contribution is 0.296. The Labute approximate surface area is 105 Å². The number of rotatable bonds is 6. The molecule has 0 fully saturated rings. The highest BCUT2D eigenvalue weighted by Gasteiger charge is 2.09. The third kappa shape index (κ3) is 5.73. The van der Waals surface area contributed by atoms with Gasteiger partial charge in [-0.1, -0.05) is 12.1 Å². The SMILES string of the molecule is Cc1ccc(C)c(OCCCCC(C)(C)N)c1. The minimum Gasteiger partial charge on any atom is -0.493 e. The van der Waals surface area contributed by atoms with Gasteiger partial charge >= 0.3 is 0 Å². The van der Waals surface area contributed by atoms with Crippen molar-refractivity contribution < 1.29 is 4.74 Å². The van der Waals surface area contributed by atoms with Gasteiger partial charge in [-0.15, -0.1) is 0 Å². The van der Waals surface area contributed by atoms with Crippen molar-refractivity contribution in [1.82, 2.24) is 0 Å². The van der Waals surface area contributed by atoms with Crippen molar-refractivity contribution in [2.45, 2.75) is 52.5 Å². The van der Waals surface area contributed by atoms with Gasteiger partial charge < -0.3 is 10.5 Å². The van der Waals surface area contributed by atoms with Crippen molar-refractivity contribution in [2.24, 2.45) is 5.73 Å². The molecule has 96 valence electrons. The van der Waals surface area contributed by atoms with Crippen molar-refractivity contribution in [3.8, 4) is 5.75 Å². The fraction of sp³-hybridized carbons (Fsp3) is 0.600. The van der Waals surface area contributed by atoms with Crippen LogP contribution >= 0.6 is 0 Å². The summed E-state index contributed by atoms with van der Waals surface area (Å²) in [5.74, 6) is 1.01. The number of benzene rings is 1. The normalized spacial score (nSPS) is 11.6. The zero-order chi connectivity index (χ0) is 12.9. The highest BCUT2D eigenvalue weighted by molar-refractivity contribution is 5.35. The topological polar surface area (TPSA) is 35.2 Å². The number of unbranched alkanes of at least 4 members (excludes halogenated alkanes) is 1. The molecule has 1 aromatic carbocycles. The molecule has 0 aliphatic carbocycles. The minimum absolute atomic E-state index is 0.0563. The Kier molecular flexibility index (Phi) is 5.01. The summed E-state index contributed by atoms with van der Waals surface area (Å²) in [6.45, 7) is 9.08. The van der Waals surface area contributed by atoms with Crippen LogP contribution in [0.2, 0.25) is 0 Å². The molecule has 0 atom stereocenters. The lowest BCUT2D eigenvalue weighted by atomic mass is 9.99. The molecule has 1 rings (SSSR count). The van der Waals surface area contributed by atoms with Crippen LogP contribution in [-0.4, -0.2) is 12.1 Å². The second kappa shape index (κ2) is 6.06. The zero-order valence-electron chi connectivity index (χ0n) is 11.5. The molecule has 0 heterocycles. The summed E-state index contributed by atoms with van der Waals surface area (Å²) >= 11 is 0. The van der Waals surface area contributed by atoms with Gasteiger partial charge in [0.05, 0.1) is 6.61 Å². The summed E-state index contributed by atoms with van der Waals surface area (Å²) in [4.78, 5) is 0. The van der Waals surface area contributed by atoms with Crippen molar-refractivity contribution in [3.63, 3.8) is 0 Å². The van der Waals surface area contributed by atoms with Gasteiger partial charge in [0.2, 0.25) is 0 Å². The molecule has 1 aromatic rings. The molecule has 0 aliphatic heterocycles. The van der Waals surface area contributed by atoms with Gasteiger partial charge in [0.15, 0.2) is 0 Å². The number of hydrogen-bond donors (Lipinski definition) is 1. The van der Waals surface area contributed by atoms with Gasteiger partial charge in [0, 0.05) is 5.54 Å². The molecule has 0 saturated carbocycles. The summed E-state index contributed by atoms with van der Waals surface area (Å²) in [6, 6.07) is 6.31. The molecule has 2 heteroatoms. The van der Waals surface area contributed by atoms with Gasteiger partial charge in [-0.05, 0) is 64.2 Å². The maximum atomic E-state index is 5.93. The summed E-state index contributed by atoms with van der Waals surface area (Å²) in [5.41, 5.74) is 8.32. The summed E-state index contributed by atoms with van der Waals surface area (Å²) in [7, 11) is 0. The predicted molar refractivity (Wildman–Crippen MR) is 73.5 cm³/mol. The minimum atomic E-state index is -0.0563. The first kappa shape index (κ1) is 14.0. The van der Waals surface area contributed by atoms with Gasteiger partial charge in [-0.3, -0.25) is 0 Å². The van der Waals surface area contributed by atoms with Crippen molar-refractivity contribution in [1.29, 1.82) is 0 Å². The first-order valence-corrected chi connectivity index (χ1v) is 6.37. The van der Waals surface area contributed by atoms with Crippen LogP contribution in [0.3, 0.4) is 0 Å². The second-order valence-corrected chi connectivity index (χ2v) is 5.56. The monoisotopic (exact) mass is 235 g/mol. The Morgan fingerprint density at radius 3 is 2.53 bits per heavy atom. The van der Waals surface area contributed by atoms with Crippen LogP contribution in [0.15, 0.2) is 18.2 Å². The van der Waals surface area contributed by atoms with Crippen LogP contribution in [-0.2, 0) is 0 Å². The molecule has 0 radical (unpaired) electrons. The molecule has 2 N–H and O–H groups in total. The standard InChI is InChI=1S/C15H25NO/c1-12-7-8-13(2)14(11-12)17-10-6-5-9-15(3,4)16/h7-8,11H,5-6,9-10,16H2,1-4H3. The van der Waals surface area contributed by atoms with E-state index in [1.807, 2.05) is 0 Å². The van der Waals surface area contributed by atoms with Crippen LogP contribution < -0.4 is 10.5 Å². The van der Waals surface area contributed by atoms with Crippen LogP contribution in [0, 0.1) is 13.8 Å². The van der Waals surface area contributed by atoms with Gasteiger partial charge in [0.1, 0.15) is 5.75 Å². The van der Waals surface area contributed by atoms with E-state index in [1.165, 1.54) is 11.1 Å². The molecule has 0 bridgehead atoms. The zero-order valence-corrected chi connectivity index (χ0v) is 11.5. The molecular weight excluding hydrogens is 210 g/mol. The van der Waals surface area contributed by atoms with E-state index < -0.39 is 0 Å². The van der Waals surface area contributed by atoms with Crippen LogP contribution in [0.1, 0.15) is 44.2 Å². The molecule has 0 aliphatic rings. The molecule has 0 amide bonds. The average molecular weight is 235 g/mol. The Bertz CT molecular complexity index is 352. The number of aryl methyl sites for hydroxylation is 2. The molecular formula is C15H25NO. The fourth-order valence-corrected chi connectivity index (χ4v) is 1.73. The Morgan fingerprint density at radius 2 is 1.88 bits per heavy atom. The third-order valence-electron chi connectivity index (χ3n) is 2.82. The molecule has 0 aromatic heterocycles. The lowest BCUT2D eigenvalue weighted by Crippen LogP contribution is -2.31. The average Bonchev–Trinajstić information content (AvgIpc) is 2.21. The second-order valence-electron chi connectivity index (χ2n) is 5.56. The summed E-state index contributed by atoms with van der Waals surface area (Å²) in [5, 5.41) is 0. The number of ether oxygens (including phenoxy) is 1. The van der Waals surface area contributed by atoms with Gasteiger partial charge in [-0.25, -0.2) is 0 Å². The predicted octanol–water partition coefficient (Wildman–Crippen LogP) is 3.59. The number of nitrogens with two attached hydrogens (primary N) is 1. The maximum Gasteiger partial charge on any atom is 0.122 e. The maximum absolute atomic E-state index is 5.93. The first-order valence-electron chi connectivity index (χ1n) is 6.37. The fourth-order valence-electron chi connectivity index (χ4n) is 1.73. The Hall–Kier alpha value is -1.02. The summed E-state index contributed by atoms with van der Waals surface area (Å²) < 4.78 is 5.79. The van der Waals surface area contributed by atoms with Crippen molar-refractivity contribution in [2.75, 3.05) is 6.61 Å². The van der Waals surface area contributed by atoms with E-state index in [2.05, 4.69) is 45.9 Å². The van der Waals surface area contributed by atoms with E-state index in [9.17, 15) is 0 Å². The molecule has 0 unspecified atom stereocenters. The third-order valence-corrected chi connectivity index (χ3v) is 2.82. The first-order chi connectivity index (χ1) is 7.88. The molecule has 2 nitrogen and oxygen atoms in total. The van der Waals surface area contributed by atoms with Gasteiger partial charge in [-0.2, -0.15) is 0 Å². The van der Waals surface area contributed by atoms with Crippen LogP contribution in [0.25, 0.3) is 0 Å². The van der Waals surface area contributed by atoms with E-state index in [0.29, 0.717) is 0 Å². The van der Waals surface area contributed by atoms with Crippen molar-refractivity contribution in [3.05, 3.63) is 29.3 Å². The smallest absolute Gasteiger partial charge is 0.122 e. The lowest BCUT2D eigenvalue weighted by Gasteiger charge is -2.18. The highest BCUT2D eigenvalue weighted by Crippen LogP contribution is 2.19. The Morgan fingerprint density at radius 1 is 1.18 bits per heavy atom. The van der Waals surface area contributed by atoms with Crippen molar-refractivity contribution >= 4 is 0 Å². The molecule has 17 heavy (non-hydrogen) atoms. The Balaban J connectivity index is 2.29. The number of hydrogen-bond acceptors (Lipinski definition) is 2. The van der Waals surface area contributed by atoms with Crippen LogP contribution in [0.4, 0.5) is 0 Å². The highest BCUT2D eigenvalue weighted by atomic mass is 16.5. The van der Waals surface area contributed by atoms with E-state index in [1.54, 1.807) is 0 Å². The van der Waals surface area contributed by atoms with E-state index in [0.717, 1.165) is 31.6 Å². The quantitative estimate of drug-likeness (QED) is 0.765. The van der Waals surface area contributed by atoms with Gasteiger partial charge in [0.25, 0.3) is 0 Å². The van der Waals surface area contributed by atoms with E-state index in [-0.39, 0.29) is 5.54 Å². The molecule has 0 saturated heterocycles.